The summed E-state index contributed by atoms with van der Waals surface area (Å²) in [4.78, 5) is 25.4. The molecule has 1 saturated heterocycles. The predicted molar refractivity (Wildman–Crippen MR) is 86.7 cm³/mol. The summed E-state index contributed by atoms with van der Waals surface area (Å²) >= 11 is 0. The second-order valence-electron chi connectivity index (χ2n) is 5.37. The van der Waals surface area contributed by atoms with E-state index < -0.39 is 18.1 Å². The van der Waals surface area contributed by atoms with E-state index in [0.29, 0.717) is 11.5 Å². The normalized spacial score (nSPS) is 20.2. The van der Waals surface area contributed by atoms with Gasteiger partial charge in [-0.25, -0.2) is 4.79 Å². The zero-order valence-corrected chi connectivity index (χ0v) is 13.9. The van der Waals surface area contributed by atoms with E-state index in [1.165, 1.54) is 25.2 Å². The highest BCUT2D eigenvalue weighted by Gasteiger charge is 2.38. The number of esters is 1. The lowest BCUT2D eigenvalue weighted by Crippen LogP contribution is -2.40. The Bertz CT molecular complexity index is 642. The lowest BCUT2D eigenvalue weighted by atomic mass is 10.1. The first kappa shape index (κ1) is 17.8. The van der Waals surface area contributed by atoms with E-state index in [-0.39, 0.29) is 18.9 Å². The van der Waals surface area contributed by atoms with Crippen molar-refractivity contribution >= 4 is 18.0 Å². The average Bonchev–Trinajstić information content (AvgIpc) is 3.00. The third-order valence-corrected chi connectivity index (χ3v) is 3.86. The van der Waals surface area contributed by atoms with Crippen molar-refractivity contribution in [2.75, 3.05) is 27.9 Å². The number of hydrogen-bond acceptors (Lipinski definition) is 6. The van der Waals surface area contributed by atoms with E-state index in [9.17, 15) is 14.7 Å². The van der Waals surface area contributed by atoms with Crippen LogP contribution in [0.2, 0.25) is 0 Å². The molecule has 7 nitrogen and oxygen atoms in total. The number of ether oxygens (including phenoxy) is 3. The van der Waals surface area contributed by atoms with Gasteiger partial charge in [-0.05, 0) is 23.8 Å². The van der Waals surface area contributed by atoms with Crippen molar-refractivity contribution in [2.45, 2.75) is 18.6 Å². The van der Waals surface area contributed by atoms with Crippen molar-refractivity contribution < 1.29 is 28.9 Å². The van der Waals surface area contributed by atoms with Gasteiger partial charge in [0.05, 0.1) is 27.4 Å². The Hall–Kier alpha value is -2.54. The highest BCUT2D eigenvalue weighted by Crippen LogP contribution is 2.28. The van der Waals surface area contributed by atoms with Crippen LogP contribution in [0.5, 0.6) is 11.5 Å². The molecule has 1 heterocycles. The van der Waals surface area contributed by atoms with Crippen LogP contribution in [0.15, 0.2) is 24.3 Å². The predicted octanol–water partition coefficient (Wildman–Crippen LogP) is 0.852. The molecule has 1 aromatic carbocycles. The second-order valence-corrected chi connectivity index (χ2v) is 5.37. The zero-order valence-electron chi connectivity index (χ0n) is 13.9. The number of aliphatic hydroxyl groups excluding tert-OH is 1. The topological polar surface area (TPSA) is 85.3 Å². The number of nitrogens with zero attached hydrogens (tertiary/aromatic N) is 1. The van der Waals surface area contributed by atoms with Crippen molar-refractivity contribution in [2.24, 2.45) is 0 Å². The molecule has 1 aromatic rings. The molecule has 1 aliphatic rings. The Labute approximate surface area is 140 Å². The van der Waals surface area contributed by atoms with Crippen LogP contribution in [0.1, 0.15) is 12.0 Å². The van der Waals surface area contributed by atoms with Gasteiger partial charge in [-0.3, -0.25) is 4.79 Å². The summed E-state index contributed by atoms with van der Waals surface area (Å²) in [5.41, 5.74) is 0.746. The van der Waals surface area contributed by atoms with Crippen LogP contribution in [0.4, 0.5) is 0 Å². The summed E-state index contributed by atoms with van der Waals surface area (Å²) < 4.78 is 15.1. The van der Waals surface area contributed by atoms with Crippen LogP contribution >= 0.6 is 0 Å². The fraction of sp³-hybridized carbons (Fsp3) is 0.412. The summed E-state index contributed by atoms with van der Waals surface area (Å²) in [5.74, 6) is 0.252. The van der Waals surface area contributed by atoms with Crippen LogP contribution in [0.25, 0.3) is 6.08 Å². The number of hydrogen-bond donors (Lipinski definition) is 1. The maximum absolute atomic E-state index is 12.3. The number of benzene rings is 1. The summed E-state index contributed by atoms with van der Waals surface area (Å²) in [6.45, 7) is 0.106. The van der Waals surface area contributed by atoms with Gasteiger partial charge in [0.15, 0.2) is 11.5 Å². The molecule has 0 aromatic heterocycles. The summed E-state index contributed by atoms with van der Waals surface area (Å²) in [6.07, 6.45) is 2.42. The fourth-order valence-corrected chi connectivity index (χ4v) is 2.64. The van der Waals surface area contributed by atoms with Gasteiger partial charge in [0.25, 0.3) is 0 Å². The van der Waals surface area contributed by atoms with E-state index in [1.807, 2.05) is 0 Å². The van der Waals surface area contributed by atoms with Crippen LogP contribution < -0.4 is 9.47 Å². The number of carbonyl (C=O) groups is 2. The minimum atomic E-state index is -0.757. The molecular formula is C17H21NO6. The van der Waals surface area contributed by atoms with Gasteiger partial charge >= 0.3 is 5.97 Å². The molecule has 2 atom stereocenters. The molecule has 0 bridgehead atoms. The van der Waals surface area contributed by atoms with Crippen LogP contribution in [-0.2, 0) is 14.3 Å². The minimum absolute atomic E-state index is 0.106. The molecule has 0 aliphatic carbocycles. The maximum atomic E-state index is 12.3. The van der Waals surface area contributed by atoms with Crippen molar-refractivity contribution in [3.05, 3.63) is 29.8 Å². The third-order valence-electron chi connectivity index (χ3n) is 3.86. The van der Waals surface area contributed by atoms with Crippen LogP contribution in [0.3, 0.4) is 0 Å². The quantitative estimate of drug-likeness (QED) is 0.634. The number of rotatable bonds is 5. The van der Waals surface area contributed by atoms with E-state index in [4.69, 9.17) is 9.47 Å². The van der Waals surface area contributed by atoms with Crippen molar-refractivity contribution in [1.82, 2.24) is 4.90 Å². The molecule has 130 valence electrons. The molecule has 2 unspecified atom stereocenters. The second kappa shape index (κ2) is 7.83. The molecule has 7 heteroatoms. The Kier molecular flexibility index (Phi) is 5.81. The number of β-amino-alcohol motifs (C(OH)–C–C–N with tert-alkyl or cyclic N) is 1. The number of likely N-dealkylation sites (tertiary alicyclic amines) is 1. The van der Waals surface area contributed by atoms with Gasteiger partial charge in [0, 0.05) is 19.0 Å². The highest BCUT2D eigenvalue weighted by molar-refractivity contribution is 5.95. The monoisotopic (exact) mass is 335 g/mol. The highest BCUT2D eigenvalue weighted by atomic mass is 16.5. The molecule has 0 spiro atoms. The van der Waals surface area contributed by atoms with Crippen LogP contribution in [0, 0.1) is 0 Å². The molecule has 2 rings (SSSR count). The first-order valence-electron chi connectivity index (χ1n) is 7.46. The van der Waals surface area contributed by atoms with Gasteiger partial charge < -0.3 is 24.2 Å². The third kappa shape index (κ3) is 3.86. The van der Waals surface area contributed by atoms with Crippen LogP contribution in [-0.4, -0.2) is 61.9 Å². The van der Waals surface area contributed by atoms with Gasteiger partial charge in [-0.2, -0.15) is 0 Å². The van der Waals surface area contributed by atoms with Crippen molar-refractivity contribution in [3.63, 3.8) is 0 Å². The smallest absolute Gasteiger partial charge is 0.328 e. The zero-order chi connectivity index (χ0) is 17.7. The lowest BCUT2D eigenvalue weighted by molar-refractivity contribution is -0.149. The molecule has 1 aliphatic heterocycles. The summed E-state index contributed by atoms with van der Waals surface area (Å²) in [6, 6.07) is 4.49. The Morgan fingerprint density at radius 1 is 1.21 bits per heavy atom. The van der Waals surface area contributed by atoms with Gasteiger partial charge in [0.2, 0.25) is 5.91 Å². The number of methoxy groups -OCH3 is 3. The Morgan fingerprint density at radius 3 is 2.54 bits per heavy atom. The molecule has 24 heavy (non-hydrogen) atoms. The van der Waals surface area contributed by atoms with E-state index >= 15 is 0 Å². The van der Waals surface area contributed by atoms with E-state index in [2.05, 4.69) is 4.74 Å². The number of carbonyl (C=O) groups excluding carboxylic acids is 2. The first-order valence-corrected chi connectivity index (χ1v) is 7.46. The van der Waals surface area contributed by atoms with Crippen molar-refractivity contribution in [3.8, 4) is 11.5 Å². The van der Waals surface area contributed by atoms with E-state index in [0.717, 1.165) is 5.56 Å². The molecule has 1 N–H and O–H groups in total. The average molecular weight is 335 g/mol. The Balaban J connectivity index is 2.13. The van der Waals surface area contributed by atoms with Gasteiger partial charge in [-0.1, -0.05) is 6.07 Å². The standard InChI is InChI=1S/C17H21NO6/c1-22-14-6-4-11(8-15(14)23-2)5-7-16(20)18-10-12(19)9-13(18)17(21)24-3/h4-8,12-13,19H,9-10H2,1-3H3/b7-5+. The van der Waals surface area contributed by atoms with Gasteiger partial charge in [-0.15, -0.1) is 0 Å². The number of amides is 1. The SMILES string of the molecule is COC(=O)C1CC(O)CN1C(=O)/C=C/c1ccc(OC)c(OC)c1. The van der Waals surface area contributed by atoms with Gasteiger partial charge in [0.1, 0.15) is 6.04 Å². The lowest BCUT2D eigenvalue weighted by Gasteiger charge is -2.20. The first-order chi connectivity index (χ1) is 11.5. The summed E-state index contributed by atoms with van der Waals surface area (Å²) in [7, 11) is 4.33. The minimum Gasteiger partial charge on any atom is -0.493 e. The fourth-order valence-electron chi connectivity index (χ4n) is 2.64. The maximum Gasteiger partial charge on any atom is 0.328 e. The summed E-state index contributed by atoms with van der Waals surface area (Å²) in [5, 5.41) is 9.72. The van der Waals surface area contributed by atoms with E-state index in [1.54, 1.807) is 31.4 Å². The molecule has 0 radical (unpaired) electrons. The number of aliphatic hydroxyl groups is 1. The molecule has 1 fully saturated rings. The van der Waals surface area contributed by atoms with Crippen molar-refractivity contribution in [1.29, 1.82) is 0 Å². The molecular weight excluding hydrogens is 314 g/mol. The Morgan fingerprint density at radius 2 is 1.92 bits per heavy atom. The molecule has 0 saturated carbocycles. The molecule has 1 amide bonds. The largest absolute Gasteiger partial charge is 0.493 e.